The topological polar surface area (TPSA) is 114 Å². The average molecular weight is 524 g/mol. The Morgan fingerprint density at radius 1 is 1.19 bits per heavy atom. The number of piperazine rings is 1. The second-order valence-electron chi connectivity index (χ2n) is 8.15. The summed E-state index contributed by atoms with van der Waals surface area (Å²) >= 11 is 1.60. The molecule has 1 unspecified atom stereocenters. The van der Waals surface area contributed by atoms with Gasteiger partial charge in [-0.3, -0.25) is 0 Å². The van der Waals surface area contributed by atoms with E-state index in [9.17, 15) is 18.3 Å². The molecule has 2 aliphatic heterocycles. The van der Waals surface area contributed by atoms with Crippen LogP contribution in [0.3, 0.4) is 0 Å². The first-order chi connectivity index (χ1) is 17.1. The molecule has 0 radical (unpaired) electrons. The van der Waals surface area contributed by atoms with E-state index in [1.165, 1.54) is 0 Å². The number of rotatable bonds is 4. The third kappa shape index (κ3) is 5.11. The van der Waals surface area contributed by atoms with Crippen LogP contribution in [0.1, 0.15) is 10.6 Å². The Labute approximate surface area is 208 Å². The van der Waals surface area contributed by atoms with Crippen molar-refractivity contribution in [3.63, 3.8) is 0 Å². The number of phenolic OH excluding ortho intramolecular Hbond substituents is 1. The van der Waals surface area contributed by atoms with Crippen molar-refractivity contribution < 1.29 is 32.6 Å². The van der Waals surface area contributed by atoms with Gasteiger partial charge in [-0.2, -0.15) is 13.2 Å². The molecule has 1 atom stereocenters. The molecule has 0 bridgehead atoms. The van der Waals surface area contributed by atoms with Crippen LogP contribution in [0.4, 0.5) is 30.2 Å². The van der Waals surface area contributed by atoms with E-state index >= 15 is 0 Å². The second-order valence-corrected chi connectivity index (χ2v) is 9.06. The highest BCUT2D eigenvalue weighted by molar-refractivity contribution is 7.10. The lowest BCUT2D eigenvalue weighted by Crippen LogP contribution is -2.46. The molecule has 4 N–H and O–H groups in total. The number of halogens is 3. The Bertz CT molecular complexity index is 1240. The fourth-order valence-corrected chi connectivity index (χ4v) is 4.87. The molecule has 0 aliphatic carbocycles. The third-order valence-electron chi connectivity index (χ3n) is 5.75. The Kier molecular flexibility index (Phi) is 7.13. The van der Waals surface area contributed by atoms with Crippen LogP contribution in [0.25, 0.3) is 0 Å². The summed E-state index contributed by atoms with van der Waals surface area (Å²) in [7, 11) is 2.14. The van der Waals surface area contributed by atoms with E-state index in [1.807, 2.05) is 29.6 Å². The molecule has 2 aliphatic rings. The summed E-state index contributed by atoms with van der Waals surface area (Å²) < 4.78 is 37.8. The molecule has 13 heteroatoms. The predicted molar refractivity (Wildman–Crippen MR) is 131 cm³/mol. The van der Waals surface area contributed by atoms with Crippen LogP contribution in [0.2, 0.25) is 0 Å². The van der Waals surface area contributed by atoms with Crippen molar-refractivity contribution in [3.8, 4) is 5.75 Å². The fraction of sp³-hybridized carbons (Fsp3) is 0.304. The monoisotopic (exact) mass is 523 g/mol. The zero-order valence-corrected chi connectivity index (χ0v) is 19.9. The summed E-state index contributed by atoms with van der Waals surface area (Å²) in [5.74, 6) is -1.86. The molecule has 0 saturated carbocycles. The van der Waals surface area contributed by atoms with Crippen LogP contribution in [-0.2, 0) is 10.5 Å². The van der Waals surface area contributed by atoms with Gasteiger partial charge in [0.15, 0.2) is 5.76 Å². The number of thiophene rings is 1. The van der Waals surface area contributed by atoms with Crippen molar-refractivity contribution in [2.24, 2.45) is 4.99 Å². The molecule has 9 nitrogen and oxygen atoms in total. The lowest BCUT2D eigenvalue weighted by Gasteiger charge is -2.37. The van der Waals surface area contributed by atoms with Gasteiger partial charge in [0.25, 0.3) is 0 Å². The van der Waals surface area contributed by atoms with Crippen LogP contribution in [-0.4, -0.2) is 66.8 Å². The number of furan rings is 1. The lowest BCUT2D eigenvalue weighted by atomic mass is 10.00. The molecule has 5 rings (SSSR count). The first-order valence-electron chi connectivity index (χ1n) is 10.9. The maximum atomic E-state index is 10.6. The molecular formula is C23H24F3N5O4S. The third-order valence-corrected chi connectivity index (χ3v) is 6.77. The van der Waals surface area contributed by atoms with Gasteiger partial charge in [-0.1, -0.05) is 12.1 Å². The van der Waals surface area contributed by atoms with E-state index < -0.39 is 17.8 Å². The quantitative estimate of drug-likeness (QED) is 0.377. The Morgan fingerprint density at radius 3 is 2.56 bits per heavy atom. The number of aromatic hydroxyl groups is 1. The molecule has 0 spiro atoms. The minimum absolute atomic E-state index is 0.173. The number of nitrogens with zero attached hydrogens (tertiary/aromatic N) is 3. The van der Waals surface area contributed by atoms with Gasteiger partial charge in [-0.25, -0.2) is 9.79 Å². The Hall–Kier alpha value is -3.71. The van der Waals surface area contributed by atoms with Gasteiger partial charge >= 0.3 is 12.1 Å². The molecular weight excluding hydrogens is 499 g/mol. The van der Waals surface area contributed by atoms with Crippen LogP contribution < -0.4 is 15.5 Å². The minimum atomic E-state index is -5.08. The maximum Gasteiger partial charge on any atom is 0.490 e. The van der Waals surface area contributed by atoms with Gasteiger partial charge in [0.2, 0.25) is 5.66 Å². The molecule has 0 amide bonds. The molecule has 2 aromatic heterocycles. The average Bonchev–Trinajstić information content (AvgIpc) is 3.52. The normalized spacial score (nSPS) is 19.6. The molecule has 36 heavy (non-hydrogen) atoms. The summed E-state index contributed by atoms with van der Waals surface area (Å²) in [5, 5.41) is 26.3. The van der Waals surface area contributed by atoms with Crippen LogP contribution >= 0.6 is 11.3 Å². The minimum Gasteiger partial charge on any atom is -0.506 e. The SMILES string of the molecule is CN1CCN(c2ccoc2C2(Nc3ccccc3O)N=CNc3ccsc32)CC1.O=C(O)C(F)(F)F. The van der Waals surface area contributed by atoms with Gasteiger partial charge in [-0.05, 0) is 30.6 Å². The summed E-state index contributed by atoms with van der Waals surface area (Å²) in [6.45, 7) is 3.85. The number of phenols is 1. The predicted octanol–water partition coefficient (Wildman–Crippen LogP) is 4.20. The van der Waals surface area contributed by atoms with E-state index in [0.29, 0.717) is 5.69 Å². The number of likely N-dealkylation sites (N-methyl/N-ethyl adjacent to an activating group) is 1. The number of nitrogens with one attached hydrogen (secondary N) is 2. The van der Waals surface area contributed by atoms with Crippen LogP contribution in [0.15, 0.2) is 57.5 Å². The Balaban J connectivity index is 0.000000384. The number of alkyl halides is 3. The molecule has 1 aromatic carbocycles. The van der Waals surface area contributed by atoms with Crippen molar-refractivity contribution in [2.75, 3.05) is 48.8 Å². The van der Waals surface area contributed by atoms with Gasteiger partial charge in [0, 0.05) is 32.2 Å². The number of carboxylic acids is 1. The number of anilines is 3. The number of carboxylic acid groups (broad SMARTS) is 1. The smallest absolute Gasteiger partial charge is 0.490 e. The molecule has 1 fully saturated rings. The summed E-state index contributed by atoms with van der Waals surface area (Å²) in [4.78, 5) is 19.4. The molecule has 3 aromatic rings. The maximum absolute atomic E-state index is 10.6. The highest BCUT2D eigenvalue weighted by atomic mass is 32.1. The zero-order chi connectivity index (χ0) is 25.9. The van der Waals surface area contributed by atoms with Crippen molar-refractivity contribution in [2.45, 2.75) is 11.8 Å². The molecule has 1 saturated heterocycles. The molecule has 192 valence electrons. The van der Waals surface area contributed by atoms with Crippen molar-refractivity contribution in [1.29, 1.82) is 0 Å². The summed E-state index contributed by atoms with van der Waals surface area (Å²) in [5.41, 5.74) is 1.65. The number of aliphatic imine (C=N–C) groups is 1. The van der Waals surface area contributed by atoms with Crippen LogP contribution in [0.5, 0.6) is 5.75 Å². The standard InChI is InChI=1S/C21H23N5O2S.C2HF3O2/c1-25-8-10-26(11-9-25)17-6-12-28-19(17)21(24-15-4-2-3-5-18(15)27)20-16(7-13-29-20)22-14-23-21;3-2(4,5)1(6)7/h2-7,12-14,24,27H,8-11H2,1H3,(H,22,23);(H,6,7). The largest absolute Gasteiger partial charge is 0.506 e. The highest BCUT2D eigenvalue weighted by Gasteiger charge is 2.45. The van der Waals surface area contributed by atoms with Crippen molar-refractivity contribution in [3.05, 3.63) is 58.7 Å². The van der Waals surface area contributed by atoms with Crippen LogP contribution in [0, 0.1) is 0 Å². The van der Waals surface area contributed by atoms with Crippen molar-refractivity contribution >= 4 is 40.7 Å². The second kappa shape index (κ2) is 10.1. The summed E-state index contributed by atoms with van der Waals surface area (Å²) in [6.07, 6.45) is -1.67. The van der Waals surface area contributed by atoms with Gasteiger partial charge in [0.05, 0.1) is 34.5 Å². The number of aliphatic carboxylic acids is 1. The fourth-order valence-electron chi connectivity index (χ4n) is 3.91. The van der Waals surface area contributed by atoms with E-state index in [-0.39, 0.29) is 5.75 Å². The molecule has 4 heterocycles. The zero-order valence-electron chi connectivity index (χ0n) is 19.1. The van der Waals surface area contributed by atoms with E-state index in [0.717, 1.165) is 48.2 Å². The number of para-hydroxylation sites is 2. The van der Waals surface area contributed by atoms with E-state index in [1.54, 1.807) is 36.1 Å². The lowest BCUT2D eigenvalue weighted by molar-refractivity contribution is -0.192. The number of carbonyl (C=O) groups is 1. The first kappa shape index (κ1) is 25.4. The van der Waals surface area contributed by atoms with Gasteiger partial charge in [0.1, 0.15) is 5.75 Å². The number of fused-ring (bicyclic) bond motifs is 1. The number of benzene rings is 1. The number of hydrogen-bond acceptors (Lipinski definition) is 9. The highest BCUT2D eigenvalue weighted by Crippen LogP contribution is 2.48. The first-order valence-corrected chi connectivity index (χ1v) is 11.8. The van der Waals surface area contributed by atoms with Gasteiger partial charge < -0.3 is 35.1 Å². The van der Waals surface area contributed by atoms with E-state index in [4.69, 9.17) is 19.3 Å². The van der Waals surface area contributed by atoms with E-state index in [2.05, 4.69) is 27.5 Å². The number of hydrogen-bond donors (Lipinski definition) is 4. The Morgan fingerprint density at radius 2 is 1.89 bits per heavy atom. The summed E-state index contributed by atoms with van der Waals surface area (Å²) in [6, 6.07) is 11.3. The van der Waals surface area contributed by atoms with Gasteiger partial charge in [-0.15, -0.1) is 11.3 Å². The van der Waals surface area contributed by atoms with Crippen molar-refractivity contribution in [1.82, 2.24) is 4.90 Å².